The number of benzene rings is 1. The molecule has 0 spiro atoms. The second-order valence-corrected chi connectivity index (χ2v) is 6.55. The number of rotatable bonds is 4. The maximum absolute atomic E-state index is 5.42. The summed E-state index contributed by atoms with van der Waals surface area (Å²) in [5.41, 5.74) is 1.00. The summed E-state index contributed by atoms with van der Waals surface area (Å²) in [6.45, 7) is 5.13. The van der Waals surface area contributed by atoms with Gasteiger partial charge in [-0.3, -0.25) is 4.90 Å². The largest absolute Gasteiger partial charge is 0.338 e. The zero-order chi connectivity index (χ0) is 15.4. The molecule has 1 fully saturated rings. The Hall–Kier alpha value is -1.37. The van der Waals surface area contributed by atoms with Crippen LogP contribution in [0.5, 0.6) is 0 Å². The van der Waals surface area contributed by atoms with Crippen LogP contribution in [0.4, 0.5) is 0 Å². The normalized spacial score (nSPS) is 17.5. The van der Waals surface area contributed by atoms with Gasteiger partial charge in [0.2, 0.25) is 11.7 Å². The minimum Gasteiger partial charge on any atom is -0.338 e. The van der Waals surface area contributed by atoms with E-state index in [0.717, 1.165) is 38.3 Å². The number of likely N-dealkylation sites (N-methyl/N-ethyl adjacent to an activating group) is 1. The fraction of sp³-hybridized carbons (Fsp3) is 0.500. The van der Waals surface area contributed by atoms with Gasteiger partial charge in [0.25, 0.3) is 0 Å². The molecule has 5 nitrogen and oxygen atoms in total. The monoisotopic (exact) mass is 318 g/mol. The van der Waals surface area contributed by atoms with Crippen molar-refractivity contribution in [3.8, 4) is 11.4 Å². The zero-order valence-corrected chi connectivity index (χ0v) is 14.0. The molecule has 0 unspecified atom stereocenters. The van der Waals surface area contributed by atoms with Crippen LogP contribution in [-0.2, 0) is 6.54 Å². The Morgan fingerprint density at radius 2 is 1.95 bits per heavy atom. The maximum atomic E-state index is 5.42. The van der Waals surface area contributed by atoms with E-state index in [-0.39, 0.29) is 0 Å². The van der Waals surface area contributed by atoms with Crippen molar-refractivity contribution in [1.82, 2.24) is 19.9 Å². The highest BCUT2D eigenvalue weighted by atomic mass is 32.2. The van der Waals surface area contributed by atoms with Gasteiger partial charge in [-0.05, 0) is 57.1 Å². The third kappa shape index (κ3) is 3.88. The van der Waals surface area contributed by atoms with Crippen molar-refractivity contribution in [1.29, 1.82) is 0 Å². The molecule has 1 aliphatic rings. The predicted octanol–water partition coefficient (Wildman–Crippen LogP) is 2.60. The van der Waals surface area contributed by atoms with E-state index in [4.69, 9.17) is 4.52 Å². The van der Waals surface area contributed by atoms with Crippen molar-refractivity contribution in [3.63, 3.8) is 0 Å². The lowest BCUT2D eigenvalue weighted by Crippen LogP contribution is -2.28. The molecule has 22 heavy (non-hydrogen) atoms. The number of hydrogen-bond donors (Lipinski definition) is 0. The van der Waals surface area contributed by atoms with Crippen molar-refractivity contribution in [2.45, 2.75) is 17.9 Å². The van der Waals surface area contributed by atoms with Crippen molar-refractivity contribution in [2.75, 3.05) is 39.5 Å². The fourth-order valence-corrected chi connectivity index (χ4v) is 3.03. The van der Waals surface area contributed by atoms with E-state index >= 15 is 0 Å². The van der Waals surface area contributed by atoms with Crippen LogP contribution in [0.3, 0.4) is 0 Å². The quantitative estimate of drug-likeness (QED) is 0.808. The predicted molar refractivity (Wildman–Crippen MR) is 88.9 cm³/mol. The highest BCUT2D eigenvalue weighted by Gasteiger charge is 2.16. The summed E-state index contributed by atoms with van der Waals surface area (Å²) in [5, 5.41) is 4.12. The molecule has 6 heteroatoms. The molecule has 0 atom stereocenters. The van der Waals surface area contributed by atoms with E-state index in [1.54, 1.807) is 11.8 Å². The highest BCUT2D eigenvalue weighted by molar-refractivity contribution is 7.98. The number of aromatic nitrogens is 2. The van der Waals surface area contributed by atoms with E-state index in [1.807, 2.05) is 12.1 Å². The SMILES string of the molecule is CSc1ccc(-c2noc(CN3CCCN(C)CC3)n2)cc1. The van der Waals surface area contributed by atoms with Crippen molar-refractivity contribution >= 4 is 11.8 Å². The molecule has 3 rings (SSSR count). The van der Waals surface area contributed by atoms with Crippen LogP contribution in [-0.4, -0.2) is 59.4 Å². The van der Waals surface area contributed by atoms with Crippen LogP contribution in [0, 0.1) is 0 Å². The van der Waals surface area contributed by atoms with Gasteiger partial charge in [-0.1, -0.05) is 5.16 Å². The molecule has 118 valence electrons. The Morgan fingerprint density at radius 3 is 2.73 bits per heavy atom. The van der Waals surface area contributed by atoms with Crippen LogP contribution in [0.1, 0.15) is 12.3 Å². The molecular formula is C16H22N4OS. The Labute approximate surface area is 135 Å². The van der Waals surface area contributed by atoms with Crippen LogP contribution >= 0.6 is 11.8 Å². The number of hydrogen-bond acceptors (Lipinski definition) is 6. The molecule has 2 aromatic rings. The second kappa shape index (κ2) is 7.26. The summed E-state index contributed by atoms with van der Waals surface area (Å²) in [7, 11) is 2.17. The van der Waals surface area contributed by atoms with Crippen molar-refractivity contribution < 1.29 is 4.52 Å². The third-order valence-corrected chi connectivity index (χ3v) is 4.73. The topological polar surface area (TPSA) is 45.4 Å². The average Bonchev–Trinajstić information content (AvgIpc) is 2.91. The second-order valence-electron chi connectivity index (χ2n) is 5.67. The summed E-state index contributed by atoms with van der Waals surface area (Å²) in [6.07, 6.45) is 3.26. The summed E-state index contributed by atoms with van der Waals surface area (Å²) in [6, 6.07) is 8.25. The van der Waals surface area contributed by atoms with Gasteiger partial charge in [-0.15, -0.1) is 11.8 Å². The molecule has 1 aromatic carbocycles. The lowest BCUT2D eigenvalue weighted by Gasteiger charge is -2.17. The molecule has 2 heterocycles. The van der Waals surface area contributed by atoms with Crippen LogP contribution in [0.25, 0.3) is 11.4 Å². The van der Waals surface area contributed by atoms with E-state index in [0.29, 0.717) is 11.7 Å². The molecule has 0 saturated carbocycles. The minimum absolute atomic E-state index is 0.676. The third-order valence-electron chi connectivity index (χ3n) is 3.99. The van der Waals surface area contributed by atoms with Gasteiger partial charge in [-0.2, -0.15) is 4.98 Å². The molecule has 0 bridgehead atoms. The number of thioether (sulfide) groups is 1. The van der Waals surface area contributed by atoms with Gasteiger partial charge in [-0.25, -0.2) is 0 Å². The van der Waals surface area contributed by atoms with Gasteiger partial charge in [0.15, 0.2) is 0 Å². The Kier molecular flexibility index (Phi) is 5.12. The summed E-state index contributed by atoms with van der Waals surface area (Å²) >= 11 is 1.73. The molecular weight excluding hydrogens is 296 g/mol. The zero-order valence-electron chi connectivity index (χ0n) is 13.2. The Morgan fingerprint density at radius 1 is 1.14 bits per heavy atom. The standard InChI is InChI=1S/C16H22N4OS/c1-19-8-3-9-20(11-10-19)12-15-17-16(18-21-15)13-4-6-14(22-2)7-5-13/h4-7H,3,8-12H2,1-2H3. The van der Waals surface area contributed by atoms with E-state index in [9.17, 15) is 0 Å². The van der Waals surface area contributed by atoms with Crippen molar-refractivity contribution in [2.24, 2.45) is 0 Å². The summed E-state index contributed by atoms with van der Waals surface area (Å²) in [5.74, 6) is 1.38. The van der Waals surface area contributed by atoms with E-state index in [2.05, 4.69) is 45.4 Å². The first kappa shape index (κ1) is 15.5. The molecule has 0 aliphatic carbocycles. The summed E-state index contributed by atoms with van der Waals surface area (Å²) in [4.78, 5) is 10.5. The van der Waals surface area contributed by atoms with Gasteiger partial charge in [0, 0.05) is 23.5 Å². The average molecular weight is 318 g/mol. The van der Waals surface area contributed by atoms with Crippen molar-refractivity contribution in [3.05, 3.63) is 30.2 Å². The minimum atomic E-state index is 0.676. The Balaban J connectivity index is 1.65. The fourth-order valence-electron chi connectivity index (χ4n) is 2.63. The smallest absolute Gasteiger partial charge is 0.241 e. The first-order valence-corrected chi connectivity index (χ1v) is 8.85. The summed E-state index contributed by atoms with van der Waals surface area (Å²) < 4.78 is 5.42. The van der Waals surface area contributed by atoms with Gasteiger partial charge in [0.05, 0.1) is 6.54 Å². The van der Waals surface area contributed by atoms with Gasteiger partial charge in [0.1, 0.15) is 0 Å². The number of nitrogens with zero attached hydrogens (tertiary/aromatic N) is 4. The van der Waals surface area contributed by atoms with E-state index < -0.39 is 0 Å². The molecule has 0 N–H and O–H groups in total. The lowest BCUT2D eigenvalue weighted by atomic mass is 10.2. The van der Waals surface area contributed by atoms with E-state index in [1.165, 1.54) is 11.3 Å². The van der Waals surface area contributed by atoms with Crippen LogP contribution < -0.4 is 0 Å². The molecule has 0 amide bonds. The van der Waals surface area contributed by atoms with Gasteiger partial charge < -0.3 is 9.42 Å². The Bertz CT molecular complexity index is 598. The highest BCUT2D eigenvalue weighted by Crippen LogP contribution is 2.21. The first-order valence-electron chi connectivity index (χ1n) is 7.62. The van der Waals surface area contributed by atoms with Gasteiger partial charge >= 0.3 is 0 Å². The molecule has 0 radical (unpaired) electrons. The molecule has 1 saturated heterocycles. The molecule has 1 aromatic heterocycles. The molecule has 1 aliphatic heterocycles. The lowest BCUT2D eigenvalue weighted by molar-refractivity contribution is 0.231. The first-order chi connectivity index (χ1) is 10.7. The maximum Gasteiger partial charge on any atom is 0.241 e. The van der Waals surface area contributed by atoms with Crippen LogP contribution in [0.2, 0.25) is 0 Å². The van der Waals surface area contributed by atoms with Crippen LogP contribution in [0.15, 0.2) is 33.7 Å².